The molecule has 0 bridgehead atoms. The van der Waals surface area contributed by atoms with Gasteiger partial charge in [0, 0.05) is 17.8 Å². The average Bonchev–Trinajstić information content (AvgIpc) is 2.94. The van der Waals surface area contributed by atoms with Gasteiger partial charge < -0.3 is 5.32 Å². The van der Waals surface area contributed by atoms with Crippen molar-refractivity contribution in [1.82, 2.24) is 19.5 Å². The molecule has 3 rings (SSSR count). The Morgan fingerprint density at radius 2 is 2.05 bits per heavy atom. The molecule has 2 aromatic heterocycles. The second kappa shape index (κ2) is 5.39. The zero-order chi connectivity index (χ0) is 14.8. The van der Waals surface area contributed by atoms with Crippen molar-refractivity contribution in [3.05, 3.63) is 48.6 Å². The summed E-state index contributed by atoms with van der Waals surface area (Å²) < 4.78 is 39.8. The molecule has 0 aliphatic heterocycles. The number of alkyl halides is 2. The molecule has 21 heavy (non-hydrogen) atoms. The van der Waals surface area contributed by atoms with Gasteiger partial charge in [-0.2, -0.15) is 8.78 Å². The molecule has 5 nitrogen and oxygen atoms in total. The van der Waals surface area contributed by atoms with Gasteiger partial charge in [0.25, 0.3) is 0 Å². The lowest BCUT2D eigenvalue weighted by Gasteiger charge is -2.10. The maximum absolute atomic E-state index is 13.6. The van der Waals surface area contributed by atoms with E-state index in [4.69, 9.17) is 0 Å². The number of benzene rings is 1. The summed E-state index contributed by atoms with van der Waals surface area (Å²) in [5, 5.41) is 3.36. The molecule has 0 fully saturated rings. The standard InChI is InChI=1S/C13H10F3N5/c14-9-3-1-2-8-11(9)19-7-20-12(8)18-6-10-17-4-5-21(10)13(15)16/h1-5,7,13H,6H2,(H,18,19,20). The number of fused-ring (bicyclic) bond motifs is 1. The Kier molecular flexibility index (Phi) is 3.43. The van der Waals surface area contributed by atoms with E-state index in [1.165, 1.54) is 30.9 Å². The minimum Gasteiger partial charge on any atom is -0.362 e. The van der Waals surface area contributed by atoms with Crippen LogP contribution in [-0.4, -0.2) is 19.5 Å². The van der Waals surface area contributed by atoms with Gasteiger partial charge in [0.1, 0.15) is 29.3 Å². The average molecular weight is 293 g/mol. The first-order valence-corrected chi connectivity index (χ1v) is 6.10. The molecule has 0 atom stereocenters. The number of halogens is 3. The number of rotatable bonds is 4. The molecule has 0 amide bonds. The van der Waals surface area contributed by atoms with E-state index in [0.29, 0.717) is 11.2 Å². The van der Waals surface area contributed by atoms with Gasteiger partial charge in [-0.1, -0.05) is 6.07 Å². The number of aromatic nitrogens is 4. The highest BCUT2D eigenvalue weighted by molar-refractivity contribution is 5.89. The Hall–Kier alpha value is -2.64. The zero-order valence-electron chi connectivity index (χ0n) is 10.7. The summed E-state index contributed by atoms with van der Waals surface area (Å²) in [7, 11) is 0. The van der Waals surface area contributed by atoms with E-state index >= 15 is 0 Å². The molecule has 2 heterocycles. The molecular formula is C13H10F3N5. The van der Waals surface area contributed by atoms with Gasteiger partial charge in [0.05, 0.1) is 6.54 Å². The fourth-order valence-corrected chi connectivity index (χ4v) is 2.01. The second-order valence-corrected chi connectivity index (χ2v) is 4.24. The van der Waals surface area contributed by atoms with Gasteiger partial charge in [0.2, 0.25) is 0 Å². The minimum atomic E-state index is -2.66. The third-order valence-corrected chi connectivity index (χ3v) is 2.99. The van der Waals surface area contributed by atoms with Gasteiger partial charge in [-0.15, -0.1) is 0 Å². The van der Waals surface area contributed by atoms with Gasteiger partial charge >= 0.3 is 6.55 Å². The lowest BCUT2D eigenvalue weighted by Crippen LogP contribution is -2.10. The van der Waals surface area contributed by atoms with Crippen molar-refractivity contribution >= 4 is 16.7 Å². The first-order chi connectivity index (χ1) is 10.2. The number of hydrogen-bond donors (Lipinski definition) is 1. The monoisotopic (exact) mass is 293 g/mol. The third kappa shape index (κ3) is 2.51. The highest BCUT2D eigenvalue weighted by Gasteiger charge is 2.12. The van der Waals surface area contributed by atoms with Crippen molar-refractivity contribution < 1.29 is 13.2 Å². The van der Waals surface area contributed by atoms with E-state index < -0.39 is 12.4 Å². The first-order valence-electron chi connectivity index (χ1n) is 6.10. The SMILES string of the molecule is Fc1cccc2c(NCc3nccn3C(F)F)ncnc12. The van der Waals surface area contributed by atoms with E-state index in [2.05, 4.69) is 20.3 Å². The second-order valence-electron chi connectivity index (χ2n) is 4.24. The predicted octanol–water partition coefficient (Wildman–Crippen LogP) is 2.97. The highest BCUT2D eigenvalue weighted by Crippen LogP contribution is 2.22. The van der Waals surface area contributed by atoms with Crippen molar-refractivity contribution in [1.29, 1.82) is 0 Å². The van der Waals surface area contributed by atoms with Crippen LogP contribution in [0.15, 0.2) is 36.9 Å². The van der Waals surface area contributed by atoms with E-state index in [1.807, 2.05) is 0 Å². The van der Waals surface area contributed by atoms with Crippen molar-refractivity contribution in [2.75, 3.05) is 5.32 Å². The summed E-state index contributed by atoms with van der Waals surface area (Å²) >= 11 is 0. The van der Waals surface area contributed by atoms with Crippen molar-refractivity contribution in [2.24, 2.45) is 0 Å². The van der Waals surface area contributed by atoms with Crippen LogP contribution in [0.25, 0.3) is 10.9 Å². The molecule has 8 heteroatoms. The lowest BCUT2D eigenvalue weighted by molar-refractivity contribution is 0.0673. The number of imidazole rings is 1. The van der Waals surface area contributed by atoms with E-state index in [-0.39, 0.29) is 17.9 Å². The number of nitrogens with zero attached hydrogens (tertiary/aromatic N) is 4. The molecule has 0 saturated carbocycles. The van der Waals surface area contributed by atoms with E-state index in [0.717, 1.165) is 4.57 Å². The summed E-state index contributed by atoms with van der Waals surface area (Å²) in [6.45, 7) is -2.62. The molecule has 0 aliphatic carbocycles. The van der Waals surface area contributed by atoms with Crippen LogP contribution in [0.2, 0.25) is 0 Å². The Labute approximate surface area is 117 Å². The maximum Gasteiger partial charge on any atom is 0.319 e. The Balaban J connectivity index is 1.89. The van der Waals surface area contributed by atoms with Crippen LogP contribution in [0.3, 0.4) is 0 Å². The molecule has 0 radical (unpaired) electrons. The van der Waals surface area contributed by atoms with E-state index in [9.17, 15) is 13.2 Å². The van der Waals surface area contributed by atoms with Gasteiger partial charge in [0.15, 0.2) is 0 Å². The molecule has 0 unspecified atom stereocenters. The molecule has 108 valence electrons. The van der Waals surface area contributed by atoms with Crippen molar-refractivity contribution in [2.45, 2.75) is 13.1 Å². The predicted molar refractivity (Wildman–Crippen MR) is 70.3 cm³/mol. The van der Waals surface area contributed by atoms with Gasteiger partial charge in [-0.25, -0.2) is 19.3 Å². The topological polar surface area (TPSA) is 55.6 Å². The molecule has 0 aliphatic rings. The van der Waals surface area contributed by atoms with Crippen LogP contribution in [0.4, 0.5) is 19.0 Å². The van der Waals surface area contributed by atoms with Crippen molar-refractivity contribution in [3.63, 3.8) is 0 Å². The fraction of sp³-hybridized carbons (Fsp3) is 0.154. The quantitative estimate of drug-likeness (QED) is 0.803. The molecule has 0 saturated heterocycles. The number of para-hydroxylation sites is 1. The van der Waals surface area contributed by atoms with Crippen LogP contribution in [-0.2, 0) is 6.54 Å². The van der Waals surface area contributed by atoms with Crippen LogP contribution < -0.4 is 5.32 Å². The van der Waals surface area contributed by atoms with Crippen molar-refractivity contribution in [3.8, 4) is 0 Å². The molecule has 1 N–H and O–H groups in total. The molecule has 1 aromatic carbocycles. The highest BCUT2D eigenvalue weighted by atomic mass is 19.3. The van der Waals surface area contributed by atoms with Crippen LogP contribution in [0.5, 0.6) is 0 Å². The smallest absolute Gasteiger partial charge is 0.319 e. The maximum atomic E-state index is 13.6. The number of anilines is 1. The number of nitrogens with one attached hydrogen (secondary N) is 1. The normalized spacial score (nSPS) is 11.2. The first kappa shape index (κ1) is 13.3. The largest absolute Gasteiger partial charge is 0.362 e. The number of hydrogen-bond acceptors (Lipinski definition) is 4. The summed E-state index contributed by atoms with van der Waals surface area (Å²) in [5.74, 6) is 0.0588. The summed E-state index contributed by atoms with van der Waals surface area (Å²) in [6.07, 6.45) is 3.70. The van der Waals surface area contributed by atoms with E-state index in [1.54, 1.807) is 6.07 Å². The Morgan fingerprint density at radius 1 is 1.19 bits per heavy atom. The van der Waals surface area contributed by atoms with Crippen LogP contribution in [0.1, 0.15) is 12.4 Å². The zero-order valence-corrected chi connectivity index (χ0v) is 10.7. The lowest BCUT2D eigenvalue weighted by atomic mass is 10.2. The Bertz CT molecular complexity index is 771. The molecular weight excluding hydrogens is 283 g/mol. The van der Waals surface area contributed by atoms with Crippen LogP contribution >= 0.6 is 0 Å². The minimum absolute atomic E-state index is 0.0416. The Morgan fingerprint density at radius 3 is 2.86 bits per heavy atom. The van der Waals surface area contributed by atoms with Gasteiger partial charge in [-0.3, -0.25) is 4.57 Å². The summed E-state index contributed by atoms with van der Waals surface area (Å²) in [6, 6.07) is 4.48. The third-order valence-electron chi connectivity index (χ3n) is 2.99. The fourth-order valence-electron chi connectivity index (χ4n) is 2.01. The van der Waals surface area contributed by atoms with Gasteiger partial charge in [-0.05, 0) is 12.1 Å². The summed E-state index contributed by atoms with van der Waals surface area (Å²) in [4.78, 5) is 11.7. The van der Waals surface area contributed by atoms with Crippen LogP contribution in [0, 0.1) is 5.82 Å². The molecule has 0 spiro atoms. The molecule has 3 aromatic rings. The summed E-state index contributed by atoms with van der Waals surface area (Å²) in [5.41, 5.74) is 0.173.